The van der Waals surface area contributed by atoms with E-state index < -0.39 is 0 Å². The van der Waals surface area contributed by atoms with E-state index in [4.69, 9.17) is 0 Å². The average Bonchev–Trinajstić information content (AvgIpc) is 2.92. The number of amides is 1. The molecule has 2 aromatic heterocycles. The van der Waals surface area contributed by atoms with Gasteiger partial charge in [-0.05, 0) is 50.5 Å². The Bertz CT molecular complexity index is 737. The van der Waals surface area contributed by atoms with Crippen LogP contribution < -0.4 is 10.9 Å². The molecule has 5 nitrogen and oxygen atoms in total. The number of rotatable bonds is 4. The summed E-state index contributed by atoms with van der Waals surface area (Å²) < 4.78 is 0. The fraction of sp³-hybridized carbons (Fsp3) is 0.471. The fourth-order valence-electron chi connectivity index (χ4n) is 3.08. The Morgan fingerprint density at radius 1 is 1.43 bits per heavy atom. The first kappa shape index (κ1) is 15.9. The van der Waals surface area contributed by atoms with Gasteiger partial charge in [-0.2, -0.15) is 0 Å². The molecule has 0 aromatic carbocycles. The second-order valence-electron chi connectivity index (χ2n) is 5.97. The third-order valence-corrected chi connectivity index (χ3v) is 5.25. The highest BCUT2D eigenvalue weighted by Gasteiger charge is 2.24. The Morgan fingerprint density at radius 2 is 2.26 bits per heavy atom. The smallest absolute Gasteiger partial charge is 0.254 e. The maximum Gasteiger partial charge on any atom is 0.254 e. The van der Waals surface area contributed by atoms with Crippen molar-refractivity contribution in [1.29, 1.82) is 0 Å². The van der Waals surface area contributed by atoms with Crippen LogP contribution in [0.4, 0.5) is 0 Å². The predicted molar refractivity (Wildman–Crippen MR) is 90.8 cm³/mol. The largest absolute Gasteiger partial charge is 0.356 e. The highest BCUT2D eigenvalue weighted by Crippen LogP contribution is 2.21. The van der Waals surface area contributed by atoms with Gasteiger partial charge in [-0.25, -0.2) is 4.98 Å². The number of nitrogens with zero attached hydrogens (tertiary/aromatic N) is 1. The highest BCUT2D eigenvalue weighted by molar-refractivity contribution is 7.09. The van der Waals surface area contributed by atoms with Crippen LogP contribution in [0.3, 0.4) is 0 Å². The summed E-state index contributed by atoms with van der Waals surface area (Å²) in [5.74, 6) is 0.711. The van der Waals surface area contributed by atoms with Gasteiger partial charge in [0.15, 0.2) is 0 Å². The van der Waals surface area contributed by atoms with Gasteiger partial charge in [-0.1, -0.05) is 6.07 Å². The number of carbonyl (C=O) groups is 1. The second kappa shape index (κ2) is 7.08. The Hall–Kier alpha value is -1.95. The number of nitrogens with one attached hydrogen (secondary N) is 2. The van der Waals surface area contributed by atoms with E-state index in [-0.39, 0.29) is 17.4 Å². The molecule has 6 heteroatoms. The monoisotopic (exact) mass is 331 g/mol. The number of thiophene rings is 1. The van der Waals surface area contributed by atoms with Crippen molar-refractivity contribution < 1.29 is 4.79 Å². The number of fused-ring (bicyclic) bond motifs is 1. The van der Waals surface area contributed by atoms with Crippen molar-refractivity contribution in [1.82, 2.24) is 15.3 Å². The molecule has 3 rings (SSSR count). The van der Waals surface area contributed by atoms with E-state index >= 15 is 0 Å². The molecule has 1 aliphatic rings. The Balaban J connectivity index is 1.57. The first-order valence-electron chi connectivity index (χ1n) is 8.02. The van der Waals surface area contributed by atoms with Crippen molar-refractivity contribution in [2.24, 2.45) is 5.92 Å². The van der Waals surface area contributed by atoms with Crippen LogP contribution in [0.25, 0.3) is 0 Å². The maximum absolute atomic E-state index is 12.4. The van der Waals surface area contributed by atoms with Crippen LogP contribution >= 0.6 is 11.3 Å². The minimum atomic E-state index is -0.0498. The van der Waals surface area contributed by atoms with Gasteiger partial charge in [0.25, 0.3) is 5.56 Å². The Kier molecular flexibility index (Phi) is 4.91. The zero-order valence-corrected chi connectivity index (χ0v) is 14.0. The number of aromatic amines is 1. The van der Waals surface area contributed by atoms with Crippen LogP contribution in [0.5, 0.6) is 0 Å². The standard InChI is InChI=1S/C17H21N3O2S/c1-11-19-15-7-5-12(4-6-14(15)17(22)20-11)16(21)18-9-8-13-3-2-10-23-13/h2-3,10,12H,4-9H2,1H3,(H,18,21)(H,19,20,22). The summed E-state index contributed by atoms with van der Waals surface area (Å²) in [5.41, 5.74) is 1.57. The molecule has 0 radical (unpaired) electrons. The lowest BCUT2D eigenvalue weighted by Crippen LogP contribution is -2.32. The number of H-pyrrole nitrogens is 1. The minimum Gasteiger partial charge on any atom is -0.356 e. The van der Waals surface area contributed by atoms with Gasteiger partial charge in [-0.3, -0.25) is 9.59 Å². The number of carbonyl (C=O) groups excluding carboxylic acids is 1. The third kappa shape index (κ3) is 3.88. The lowest BCUT2D eigenvalue weighted by atomic mass is 9.99. The molecule has 1 atom stereocenters. The minimum absolute atomic E-state index is 0.0350. The lowest BCUT2D eigenvalue weighted by molar-refractivity contribution is -0.125. The van der Waals surface area contributed by atoms with Crippen LogP contribution in [0.15, 0.2) is 22.3 Å². The molecule has 1 aliphatic carbocycles. The Morgan fingerprint density at radius 3 is 3.04 bits per heavy atom. The molecule has 122 valence electrons. The Labute approximate surface area is 139 Å². The quantitative estimate of drug-likeness (QED) is 0.842. The number of aryl methyl sites for hydroxylation is 2. The van der Waals surface area contributed by atoms with Gasteiger partial charge in [-0.15, -0.1) is 11.3 Å². The number of hydrogen-bond acceptors (Lipinski definition) is 4. The molecule has 1 amide bonds. The van der Waals surface area contributed by atoms with Crippen molar-refractivity contribution in [2.75, 3.05) is 6.54 Å². The highest BCUT2D eigenvalue weighted by atomic mass is 32.1. The van der Waals surface area contributed by atoms with E-state index in [0.717, 1.165) is 24.1 Å². The molecular formula is C17H21N3O2S. The summed E-state index contributed by atoms with van der Waals surface area (Å²) in [6.45, 7) is 2.46. The molecule has 0 fully saturated rings. The van der Waals surface area contributed by atoms with E-state index in [9.17, 15) is 9.59 Å². The molecular weight excluding hydrogens is 310 g/mol. The number of hydrogen-bond donors (Lipinski definition) is 2. The van der Waals surface area contributed by atoms with Gasteiger partial charge in [0.2, 0.25) is 5.91 Å². The van der Waals surface area contributed by atoms with Crippen LogP contribution in [0.2, 0.25) is 0 Å². The number of aromatic nitrogens is 2. The molecule has 2 heterocycles. The van der Waals surface area contributed by atoms with E-state index in [1.54, 1.807) is 18.3 Å². The molecule has 0 saturated carbocycles. The molecule has 2 N–H and O–H groups in total. The summed E-state index contributed by atoms with van der Waals surface area (Å²) >= 11 is 1.71. The van der Waals surface area contributed by atoms with Crippen molar-refractivity contribution in [3.63, 3.8) is 0 Å². The first-order chi connectivity index (χ1) is 11.1. The van der Waals surface area contributed by atoms with Crippen LogP contribution in [-0.2, 0) is 24.1 Å². The topological polar surface area (TPSA) is 74.8 Å². The summed E-state index contributed by atoms with van der Waals surface area (Å²) in [6.07, 6.45) is 3.67. The van der Waals surface area contributed by atoms with Crippen LogP contribution in [0.1, 0.15) is 34.8 Å². The van der Waals surface area contributed by atoms with Gasteiger partial charge in [0, 0.05) is 22.9 Å². The SMILES string of the molecule is Cc1nc2c(c(=O)[nH]1)CCC(C(=O)NCCc1cccs1)CC2. The lowest BCUT2D eigenvalue weighted by Gasteiger charge is -2.13. The fourth-order valence-corrected chi connectivity index (χ4v) is 3.79. The zero-order valence-electron chi connectivity index (χ0n) is 13.2. The summed E-state index contributed by atoms with van der Waals surface area (Å²) in [5, 5.41) is 5.08. The molecule has 2 aromatic rings. The van der Waals surface area contributed by atoms with Crippen molar-refractivity contribution >= 4 is 17.2 Å². The van der Waals surface area contributed by atoms with Gasteiger partial charge >= 0.3 is 0 Å². The molecule has 0 saturated heterocycles. The molecule has 0 spiro atoms. The van der Waals surface area contributed by atoms with Crippen LogP contribution in [-0.4, -0.2) is 22.4 Å². The van der Waals surface area contributed by atoms with Crippen molar-refractivity contribution in [3.8, 4) is 0 Å². The van der Waals surface area contributed by atoms with Crippen molar-refractivity contribution in [2.45, 2.75) is 39.0 Å². The summed E-state index contributed by atoms with van der Waals surface area (Å²) in [7, 11) is 0. The van der Waals surface area contributed by atoms with Gasteiger partial charge in [0.05, 0.1) is 5.69 Å². The van der Waals surface area contributed by atoms with E-state index in [1.165, 1.54) is 4.88 Å². The molecule has 0 bridgehead atoms. The first-order valence-corrected chi connectivity index (χ1v) is 8.90. The molecule has 1 unspecified atom stereocenters. The third-order valence-electron chi connectivity index (χ3n) is 4.31. The maximum atomic E-state index is 12.4. The normalized spacial score (nSPS) is 17.3. The summed E-state index contributed by atoms with van der Waals surface area (Å²) in [4.78, 5) is 32.9. The summed E-state index contributed by atoms with van der Waals surface area (Å²) in [6, 6.07) is 4.11. The van der Waals surface area contributed by atoms with Crippen LogP contribution in [0, 0.1) is 12.8 Å². The zero-order chi connectivity index (χ0) is 16.2. The molecule has 23 heavy (non-hydrogen) atoms. The van der Waals surface area contributed by atoms with Crippen molar-refractivity contribution in [3.05, 3.63) is 49.8 Å². The van der Waals surface area contributed by atoms with E-state index in [0.29, 0.717) is 31.6 Å². The molecule has 0 aliphatic heterocycles. The average molecular weight is 331 g/mol. The second-order valence-corrected chi connectivity index (χ2v) is 7.00. The van der Waals surface area contributed by atoms with E-state index in [2.05, 4.69) is 21.4 Å². The predicted octanol–water partition coefficient (Wildman–Crippen LogP) is 1.99. The van der Waals surface area contributed by atoms with E-state index in [1.807, 2.05) is 11.4 Å². The van der Waals surface area contributed by atoms with Gasteiger partial charge in [0.1, 0.15) is 5.82 Å². The van der Waals surface area contributed by atoms with Gasteiger partial charge < -0.3 is 10.3 Å².